The molecule has 1 unspecified atom stereocenters. The third-order valence-corrected chi connectivity index (χ3v) is 7.36. The molecule has 2 aliphatic carbocycles. The first-order valence-corrected chi connectivity index (χ1v) is 11.1. The van der Waals surface area contributed by atoms with Gasteiger partial charge in [-0.2, -0.15) is 0 Å². The van der Waals surface area contributed by atoms with Gasteiger partial charge < -0.3 is 0 Å². The van der Waals surface area contributed by atoms with Crippen LogP contribution in [0.2, 0.25) is 5.02 Å². The van der Waals surface area contributed by atoms with Crippen LogP contribution in [0, 0.1) is 23.6 Å². The van der Waals surface area contributed by atoms with Crippen molar-refractivity contribution in [2.24, 2.45) is 17.8 Å². The van der Waals surface area contributed by atoms with Crippen molar-refractivity contribution in [2.75, 3.05) is 0 Å². The summed E-state index contributed by atoms with van der Waals surface area (Å²) in [6.45, 7) is 2.32. The van der Waals surface area contributed by atoms with Gasteiger partial charge in [-0.05, 0) is 84.6 Å². The zero-order valence-electron chi connectivity index (χ0n) is 16.3. The predicted octanol–water partition coefficient (Wildman–Crippen LogP) is 8.25. The molecule has 0 saturated heterocycles. The SMILES string of the molecule is CCCC1CC[C@@H]2C[C@H](c3ccc(-c4ccc(Cl)c(F)c4)cc3)CC[C@@H]2C1. The molecule has 0 N–H and O–H groups in total. The fourth-order valence-electron chi connectivity index (χ4n) is 5.58. The Balaban J connectivity index is 1.42. The molecule has 0 radical (unpaired) electrons. The highest BCUT2D eigenvalue weighted by atomic mass is 35.5. The van der Waals surface area contributed by atoms with Gasteiger partial charge in [-0.1, -0.05) is 68.1 Å². The molecule has 2 aromatic rings. The van der Waals surface area contributed by atoms with Gasteiger partial charge in [0.15, 0.2) is 0 Å². The Morgan fingerprint density at radius 2 is 1.59 bits per heavy atom. The van der Waals surface area contributed by atoms with E-state index in [2.05, 4.69) is 31.2 Å². The van der Waals surface area contributed by atoms with Crippen LogP contribution in [0.3, 0.4) is 0 Å². The summed E-state index contributed by atoms with van der Waals surface area (Å²) in [6.07, 6.45) is 11.2. The van der Waals surface area contributed by atoms with Crippen LogP contribution in [0.15, 0.2) is 42.5 Å². The van der Waals surface area contributed by atoms with E-state index in [0.29, 0.717) is 5.92 Å². The number of fused-ring (bicyclic) bond motifs is 1. The first-order chi connectivity index (χ1) is 13.1. The van der Waals surface area contributed by atoms with Crippen molar-refractivity contribution < 1.29 is 4.39 Å². The van der Waals surface area contributed by atoms with Gasteiger partial charge in [0.2, 0.25) is 0 Å². The van der Waals surface area contributed by atoms with E-state index >= 15 is 0 Å². The van der Waals surface area contributed by atoms with Crippen molar-refractivity contribution in [3.63, 3.8) is 0 Å². The van der Waals surface area contributed by atoms with Gasteiger partial charge in [0.25, 0.3) is 0 Å². The van der Waals surface area contributed by atoms with Crippen LogP contribution in [0.5, 0.6) is 0 Å². The Kier molecular flexibility index (Phi) is 5.88. The van der Waals surface area contributed by atoms with Crippen molar-refractivity contribution >= 4 is 11.6 Å². The average Bonchev–Trinajstić information content (AvgIpc) is 2.70. The van der Waals surface area contributed by atoms with E-state index in [0.717, 1.165) is 28.9 Å². The maximum atomic E-state index is 13.7. The topological polar surface area (TPSA) is 0 Å². The Morgan fingerprint density at radius 1 is 0.889 bits per heavy atom. The average molecular weight is 385 g/mol. The predicted molar refractivity (Wildman–Crippen MR) is 113 cm³/mol. The van der Waals surface area contributed by atoms with Crippen LogP contribution in [0.1, 0.15) is 69.8 Å². The summed E-state index contributed by atoms with van der Waals surface area (Å²) in [6, 6.07) is 13.9. The summed E-state index contributed by atoms with van der Waals surface area (Å²) in [5, 5.41) is 0.181. The summed E-state index contributed by atoms with van der Waals surface area (Å²) in [4.78, 5) is 0. The number of halogens is 2. The molecule has 144 valence electrons. The highest BCUT2D eigenvalue weighted by molar-refractivity contribution is 6.30. The van der Waals surface area contributed by atoms with Crippen molar-refractivity contribution in [3.05, 3.63) is 58.9 Å². The molecule has 2 aromatic carbocycles. The molecule has 0 aliphatic heterocycles. The molecule has 2 heteroatoms. The van der Waals surface area contributed by atoms with Gasteiger partial charge in [-0.15, -0.1) is 0 Å². The fourth-order valence-corrected chi connectivity index (χ4v) is 5.70. The summed E-state index contributed by atoms with van der Waals surface area (Å²) in [5.41, 5.74) is 3.41. The second kappa shape index (κ2) is 8.35. The standard InChI is InChI=1S/C25H30ClF/c1-2-3-17-4-5-22-15-21(11-10-20(22)14-17)18-6-8-19(9-7-18)23-12-13-24(26)25(27)16-23/h6-9,12-13,16-17,20-22H,2-5,10-11,14-15H2,1H3/t17?,20-,21-,22-/m1/s1. The van der Waals surface area contributed by atoms with Crippen molar-refractivity contribution in [1.82, 2.24) is 0 Å². The molecular formula is C25H30ClF. The van der Waals surface area contributed by atoms with Crippen LogP contribution >= 0.6 is 11.6 Å². The van der Waals surface area contributed by atoms with Crippen LogP contribution in [-0.2, 0) is 0 Å². The summed E-state index contributed by atoms with van der Waals surface area (Å²) in [5.74, 6) is 3.25. The smallest absolute Gasteiger partial charge is 0.142 e. The van der Waals surface area contributed by atoms with Crippen LogP contribution < -0.4 is 0 Å². The van der Waals surface area contributed by atoms with Gasteiger partial charge in [-0.25, -0.2) is 4.39 Å². The minimum Gasteiger partial charge on any atom is -0.205 e. The summed E-state index contributed by atoms with van der Waals surface area (Å²) in [7, 11) is 0. The van der Waals surface area contributed by atoms with E-state index in [1.165, 1.54) is 63.0 Å². The van der Waals surface area contributed by atoms with Crippen molar-refractivity contribution in [2.45, 2.75) is 64.2 Å². The Hall–Kier alpha value is -1.34. The Bertz CT molecular complexity index is 766. The normalized spacial score (nSPS) is 28.0. The first-order valence-electron chi connectivity index (χ1n) is 10.7. The Labute approximate surface area is 168 Å². The highest BCUT2D eigenvalue weighted by Crippen LogP contribution is 2.48. The van der Waals surface area contributed by atoms with E-state index in [1.807, 2.05) is 6.07 Å². The van der Waals surface area contributed by atoms with Crippen LogP contribution in [0.25, 0.3) is 11.1 Å². The molecule has 2 fully saturated rings. The van der Waals surface area contributed by atoms with Gasteiger partial charge >= 0.3 is 0 Å². The number of benzene rings is 2. The van der Waals surface area contributed by atoms with Gasteiger partial charge in [-0.3, -0.25) is 0 Å². The zero-order chi connectivity index (χ0) is 18.8. The van der Waals surface area contributed by atoms with E-state index < -0.39 is 0 Å². The van der Waals surface area contributed by atoms with Crippen LogP contribution in [0.4, 0.5) is 4.39 Å². The molecule has 0 aromatic heterocycles. The summed E-state index contributed by atoms with van der Waals surface area (Å²) < 4.78 is 13.7. The molecule has 2 saturated carbocycles. The minimum absolute atomic E-state index is 0.181. The third kappa shape index (κ3) is 4.24. The number of rotatable bonds is 4. The molecule has 0 amide bonds. The lowest BCUT2D eigenvalue weighted by molar-refractivity contribution is 0.114. The lowest BCUT2D eigenvalue weighted by Crippen LogP contribution is -2.30. The monoisotopic (exact) mass is 384 g/mol. The molecule has 4 rings (SSSR count). The Morgan fingerprint density at radius 3 is 2.33 bits per heavy atom. The first kappa shape index (κ1) is 19.0. The van der Waals surface area contributed by atoms with E-state index in [9.17, 15) is 4.39 Å². The molecular weight excluding hydrogens is 355 g/mol. The maximum absolute atomic E-state index is 13.7. The van der Waals surface area contributed by atoms with Crippen molar-refractivity contribution in [3.8, 4) is 11.1 Å². The second-order valence-electron chi connectivity index (χ2n) is 8.75. The van der Waals surface area contributed by atoms with E-state index in [-0.39, 0.29) is 10.8 Å². The molecule has 0 nitrogen and oxygen atoms in total. The molecule has 2 aliphatic rings. The molecule has 4 atom stereocenters. The van der Waals surface area contributed by atoms with E-state index in [1.54, 1.807) is 6.07 Å². The highest BCUT2D eigenvalue weighted by Gasteiger charge is 2.35. The summed E-state index contributed by atoms with van der Waals surface area (Å²) >= 11 is 5.80. The molecule has 0 spiro atoms. The van der Waals surface area contributed by atoms with Crippen molar-refractivity contribution in [1.29, 1.82) is 0 Å². The molecule has 27 heavy (non-hydrogen) atoms. The van der Waals surface area contributed by atoms with E-state index in [4.69, 9.17) is 11.6 Å². The maximum Gasteiger partial charge on any atom is 0.142 e. The quantitative estimate of drug-likeness (QED) is 0.497. The lowest BCUT2D eigenvalue weighted by Gasteiger charge is -2.42. The zero-order valence-corrected chi connectivity index (χ0v) is 17.0. The number of hydrogen-bond acceptors (Lipinski definition) is 0. The van der Waals surface area contributed by atoms with Gasteiger partial charge in [0, 0.05) is 0 Å². The molecule has 0 heterocycles. The lowest BCUT2D eigenvalue weighted by atomic mass is 9.63. The molecule has 0 bridgehead atoms. The van der Waals surface area contributed by atoms with Crippen LogP contribution in [-0.4, -0.2) is 0 Å². The van der Waals surface area contributed by atoms with Gasteiger partial charge in [0.1, 0.15) is 5.82 Å². The minimum atomic E-state index is -0.352. The third-order valence-electron chi connectivity index (χ3n) is 7.05. The van der Waals surface area contributed by atoms with Gasteiger partial charge in [0.05, 0.1) is 5.02 Å². The second-order valence-corrected chi connectivity index (χ2v) is 9.16. The number of hydrogen-bond donors (Lipinski definition) is 0. The fraction of sp³-hybridized carbons (Fsp3) is 0.520. The largest absolute Gasteiger partial charge is 0.205 e.